The lowest BCUT2D eigenvalue weighted by Gasteiger charge is -2.41. The Labute approximate surface area is 285 Å². The molecule has 5 rings (SSSR count). The Balaban J connectivity index is 1.79. The van der Waals surface area contributed by atoms with Gasteiger partial charge in [0.25, 0.3) is 5.54 Å². The first kappa shape index (κ1) is 27.2. The third-order valence-electron chi connectivity index (χ3n) is 6.32. The molecule has 0 aliphatic heterocycles. The lowest BCUT2D eigenvalue weighted by atomic mass is 9.93. The van der Waals surface area contributed by atoms with Crippen molar-refractivity contribution >= 4 is 153 Å². The fourth-order valence-electron chi connectivity index (χ4n) is 4.58. The maximum absolute atomic E-state index is 6.18. The van der Waals surface area contributed by atoms with Crippen LogP contribution in [0.5, 0.6) is 0 Å². The number of hydrogen-bond donors (Lipinski definition) is 0. The monoisotopic (exact) mass is 1140 g/mol. The summed E-state index contributed by atoms with van der Waals surface area (Å²) >= 11 is 21.6. The number of aromatic nitrogens is 4. The van der Waals surface area contributed by atoms with Crippen molar-refractivity contribution in [1.82, 2.24) is 14.6 Å². The van der Waals surface area contributed by atoms with E-state index in [4.69, 9.17) is 21.8 Å². The Kier molecular flexibility index (Phi) is 8.01. The van der Waals surface area contributed by atoms with Crippen LogP contribution in [0, 0.1) is 0 Å². The summed E-state index contributed by atoms with van der Waals surface area (Å²) in [5.74, 6) is 1.00. The van der Waals surface area contributed by atoms with Gasteiger partial charge < -0.3 is 0 Å². The van der Waals surface area contributed by atoms with Gasteiger partial charge in [-0.25, -0.2) is 0 Å². The van der Waals surface area contributed by atoms with Crippen LogP contribution in [-0.2, 0) is 11.0 Å². The lowest BCUT2D eigenvalue weighted by Crippen LogP contribution is -2.69. The fraction of sp³-hybridized carbons (Fsp3) is 0.261. The molecule has 3 aromatic heterocycles. The number of nitrogens with zero attached hydrogens (tertiary/aromatic N) is 4. The molecule has 4 nitrogen and oxygen atoms in total. The van der Waals surface area contributed by atoms with Crippen LogP contribution in [0.2, 0.25) is 5.02 Å². The summed E-state index contributed by atoms with van der Waals surface area (Å²) in [4.78, 5) is 0. The Morgan fingerprint density at radius 1 is 0.824 bits per heavy atom. The number of fused-ring (bicyclic) bond motifs is 1. The molecule has 0 saturated heterocycles. The van der Waals surface area contributed by atoms with Crippen molar-refractivity contribution in [3.63, 3.8) is 0 Å². The van der Waals surface area contributed by atoms with Gasteiger partial charge in [0.15, 0.2) is 16.9 Å². The standard InChI is InChI=1S/C23H16ClI6N4/c24-16-8-6-15(7-9-16)20(10-11-20)19-32-31-18-17(5-4-14-34(18)19)21(22(25,26)27,23(28,29)30)33-12-2-1-3-13-33/h1-9,12-14H,10-11H2/q+1. The molecule has 3 heterocycles. The number of rotatable bonds is 6. The van der Waals surface area contributed by atoms with Gasteiger partial charge in [-0.1, -0.05) is 29.8 Å². The first-order valence-electron chi connectivity index (χ1n) is 10.2. The quantitative estimate of drug-likeness (QED) is 0.111. The van der Waals surface area contributed by atoms with Gasteiger partial charge in [0.05, 0.1) is 11.0 Å². The summed E-state index contributed by atoms with van der Waals surface area (Å²) in [6.07, 6.45) is 8.54. The molecule has 1 aliphatic carbocycles. The highest BCUT2D eigenvalue weighted by Crippen LogP contribution is 2.63. The molecule has 4 aromatic rings. The molecule has 0 amide bonds. The number of halogens is 7. The highest BCUT2D eigenvalue weighted by molar-refractivity contribution is 14.3. The Morgan fingerprint density at radius 2 is 1.44 bits per heavy atom. The normalized spacial score (nSPS) is 16.1. The van der Waals surface area contributed by atoms with Gasteiger partial charge in [-0.15, -0.1) is 10.2 Å². The second-order valence-electron chi connectivity index (χ2n) is 8.22. The number of benzene rings is 1. The van der Waals surface area contributed by atoms with E-state index in [1.165, 1.54) is 5.56 Å². The minimum absolute atomic E-state index is 0.114. The minimum Gasteiger partial charge on any atom is -0.285 e. The average Bonchev–Trinajstić information content (AvgIpc) is 3.45. The molecule has 11 heteroatoms. The SMILES string of the molecule is Clc1ccc(C2(c3nnc4c(C([n+]5ccccc5)(C(I)(I)I)C(I)(I)I)cccn34)CC2)cc1. The summed E-state index contributed by atoms with van der Waals surface area (Å²) in [5, 5.41) is 10.4. The highest BCUT2D eigenvalue weighted by atomic mass is 127. The zero-order chi connectivity index (χ0) is 24.4. The van der Waals surface area contributed by atoms with Gasteiger partial charge in [-0.2, -0.15) is 4.57 Å². The fourth-order valence-corrected chi connectivity index (χ4v) is 15.2. The van der Waals surface area contributed by atoms with Crippen molar-refractivity contribution in [3.8, 4) is 0 Å². The van der Waals surface area contributed by atoms with Crippen LogP contribution >= 0.6 is 147 Å². The molecule has 0 N–H and O–H groups in total. The van der Waals surface area contributed by atoms with Crippen LogP contribution in [0.4, 0.5) is 0 Å². The molecule has 1 aliphatic rings. The van der Waals surface area contributed by atoms with Gasteiger partial charge in [-0.3, -0.25) is 4.40 Å². The Hall–Kier alpha value is 1.66. The van der Waals surface area contributed by atoms with Crippen molar-refractivity contribution in [3.05, 3.63) is 95.2 Å². The molecule has 0 radical (unpaired) electrons. The lowest BCUT2D eigenvalue weighted by molar-refractivity contribution is -0.746. The third-order valence-corrected chi connectivity index (χ3v) is 11.3. The summed E-state index contributed by atoms with van der Waals surface area (Å²) in [5.41, 5.74) is 2.73. The largest absolute Gasteiger partial charge is 0.285 e. The predicted molar refractivity (Wildman–Crippen MR) is 188 cm³/mol. The topological polar surface area (TPSA) is 34.1 Å². The van der Waals surface area contributed by atoms with E-state index < -0.39 is 5.54 Å². The Morgan fingerprint density at radius 3 is 2.00 bits per heavy atom. The molecule has 0 unspecified atom stereocenters. The van der Waals surface area contributed by atoms with Crippen LogP contribution in [0.3, 0.4) is 0 Å². The van der Waals surface area contributed by atoms with E-state index in [1.807, 2.05) is 12.1 Å². The summed E-state index contributed by atoms with van der Waals surface area (Å²) < 4.78 is 4.09. The Bertz CT molecular complexity index is 1330. The zero-order valence-electron chi connectivity index (χ0n) is 17.3. The van der Waals surface area contributed by atoms with E-state index >= 15 is 0 Å². The van der Waals surface area contributed by atoms with Crippen molar-refractivity contribution in [2.45, 2.75) is 22.7 Å². The third kappa shape index (κ3) is 4.47. The van der Waals surface area contributed by atoms with Crippen molar-refractivity contribution in [1.29, 1.82) is 0 Å². The second-order valence-corrected chi connectivity index (χ2v) is 30.7. The summed E-state index contributed by atoms with van der Waals surface area (Å²) in [6, 6.07) is 18.8. The highest BCUT2D eigenvalue weighted by Gasteiger charge is 2.68. The molecule has 0 spiro atoms. The average molecular weight is 1150 g/mol. The first-order chi connectivity index (χ1) is 16.0. The molecule has 1 saturated carbocycles. The molecule has 0 atom stereocenters. The number of hydrogen-bond acceptors (Lipinski definition) is 2. The minimum atomic E-state index is -0.450. The zero-order valence-corrected chi connectivity index (χ0v) is 31.0. The molecule has 176 valence electrons. The number of alkyl halides is 6. The van der Waals surface area contributed by atoms with Gasteiger partial charge in [-0.05, 0) is 178 Å². The maximum atomic E-state index is 6.18. The van der Waals surface area contributed by atoms with Gasteiger partial charge in [0.2, 0.25) is 0 Å². The molecular formula is C23H16ClI6N4+. The van der Waals surface area contributed by atoms with Gasteiger partial charge in [0, 0.05) is 23.4 Å². The van der Waals surface area contributed by atoms with Crippen LogP contribution < -0.4 is 4.57 Å². The van der Waals surface area contributed by atoms with Gasteiger partial charge >= 0.3 is 0 Å². The van der Waals surface area contributed by atoms with Gasteiger partial charge in [0.1, 0.15) is 5.82 Å². The smallest absolute Gasteiger partial charge is 0.261 e. The van der Waals surface area contributed by atoms with E-state index in [9.17, 15) is 0 Å². The van der Waals surface area contributed by atoms with E-state index in [0.717, 1.165) is 34.9 Å². The van der Waals surface area contributed by atoms with Crippen molar-refractivity contribution in [2.75, 3.05) is 0 Å². The van der Waals surface area contributed by atoms with E-state index in [0.29, 0.717) is 0 Å². The van der Waals surface area contributed by atoms with Crippen molar-refractivity contribution in [2.24, 2.45) is 0 Å². The summed E-state index contributed by atoms with van der Waals surface area (Å²) in [6.45, 7) is 0. The molecule has 1 fully saturated rings. The first-order valence-corrected chi connectivity index (χ1v) is 17.1. The van der Waals surface area contributed by atoms with Crippen LogP contribution in [0.25, 0.3) is 5.65 Å². The molecular weight excluding hydrogens is 1130 g/mol. The molecule has 0 bridgehead atoms. The van der Waals surface area contributed by atoms with E-state index in [2.05, 4.69) is 206 Å². The summed E-state index contributed by atoms with van der Waals surface area (Å²) in [7, 11) is 0. The maximum Gasteiger partial charge on any atom is 0.261 e. The van der Waals surface area contributed by atoms with E-state index in [1.54, 1.807) is 0 Å². The van der Waals surface area contributed by atoms with Crippen LogP contribution in [0.15, 0.2) is 73.2 Å². The van der Waals surface area contributed by atoms with Crippen molar-refractivity contribution < 1.29 is 4.57 Å². The van der Waals surface area contributed by atoms with Crippen LogP contribution in [-0.4, -0.2) is 13.5 Å². The second kappa shape index (κ2) is 10.0. The van der Waals surface area contributed by atoms with Crippen LogP contribution in [0.1, 0.15) is 29.8 Å². The predicted octanol–water partition coefficient (Wildman–Crippen LogP) is 8.41. The molecule has 34 heavy (non-hydrogen) atoms. The molecule has 1 aromatic carbocycles. The number of pyridine rings is 2. The van der Waals surface area contributed by atoms with E-state index in [-0.39, 0.29) is 4.29 Å².